The molecule has 0 heterocycles. The summed E-state index contributed by atoms with van der Waals surface area (Å²) in [5.74, 6) is 0.109. The molecule has 13 heavy (non-hydrogen) atoms. The van der Waals surface area contributed by atoms with Crippen molar-refractivity contribution in [3.8, 4) is 0 Å². The summed E-state index contributed by atoms with van der Waals surface area (Å²) in [4.78, 5) is 0. The number of hydrogen-bond acceptors (Lipinski definition) is 2. The molecule has 3 nitrogen and oxygen atoms in total. The average Bonchev–Trinajstić information content (AvgIpc) is 2.66. The third-order valence-electron chi connectivity index (χ3n) is 2.17. The highest BCUT2D eigenvalue weighted by atomic mass is 19.3. The normalized spacial score (nSPS) is 19.0. The summed E-state index contributed by atoms with van der Waals surface area (Å²) in [5, 5.41) is 7.08. The third kappa shape index (κ3) is 3.67. The Balaban J connectivity index is 2.16. The Bertz CT molecular complexity index is 193. The standard InChI is InChI=1S/C8H14F2N2O/c9-6(10)4-13-5-8(1-2-8)3-7(11)12/h6H,1-5H2,(H3,11,12). The van der Waals surface area contributed by atoms with Crippen molar-refractivity contribution in [3.63, 3.8) is 0 Å². The molecule has 1 fully saturated rings. The lowest BCUT2D eigenvalue weighted by atomic mass is 10.0. The second-order valence-electron chi connectivity index (χ2n) is 3.61. The van der Waals surface area contributed by atoms with Crippen LogP contribution in [0.5, 0.6) is 0 Å². The molecule has 1 aliphatic rings. The van der Waals surface area contributed by atoms with Crippen LogP contribution < -0.4 is 5.73 Å². The van der Waals surface area contributed by atoms with Crippen molar-refractivity contribution in [1.82, 2.24) is 0 Å². The van der Waals surface area contributed by atoms with Crippen LogP contribution in [0.2, 0.25) is 0 Å². The van der Waals surface area contributed by atoms with Crippen LogP contribution >= 0.6 is 0 Å². The van der Waals surface area contributed by atoms with Gasteiger partial charge in [-0.2, -0.15) is 0 Å². The molecule has 0 saturated heterocycles. The summed E-state index contributed by atoms with van der Waals surface area (Å²) in [6.45, 7) is -0.212. The van der Waals surface area contributed by atoms with E-state index in [-0.39, 0.29) is 11.3 Å². The molecule has 1 saturated carbocycles. The first-order valence-electron chi connectivity index (χ1n) is 4.23. The molecule has 3 N–H and O–H groups in total. The van der Waals surface area contributed by atoms with Crippen LogP contribution in [0.15, 0.2) is 0 Å². The third-order valence-corrected chi connectivity index (χ3v) is 2.17. The van der Waals surface area contributed by atoms with E-state index in [1.807, 2.05) is 0 Å². The number of halogens is 2. The number of ether oxygens (including phenoxy) is 1. The molecule has 76 valence electrons. The Hall–Kier alpha value is -0.710. The lowest BCUT2D eigenvalue weighted by Crippen LogP contribution is -2.21. The van der Waals surface area contributed by atoms with Crippen LogP contribution in [0, 0.1) is 10.8 Å². The van der Waals surface area contributed by atoms with Crippen LogP contribution in [0.1, 0.15) is 19.3 Å². The predicted molar refractivity (Wildman–Crippen MR) is 45.0 cm³/mol. The highest BCUT2D eigenvalue weighted by Crippen LogP contribution is 2.48. The molecule has 0 aromatic carbocycles. The van der Waals surface area contributed by atoms with E-state index in [1.165, 1.54) is 0 Å². The summed E-state index contributed by atoms with van der Waals surface area (Å²) < 4.78 is 28.2. The van der Waals surface area contributed by atoms with Crippen molar-refractivity contribution in [2.24, 2.45) is 11.1 Å². The van der Waals surface area contributed by atoms with Crippen molar-refractivity contribution in [3.05, 3.63) is 0 Å². The number of hydrogen-bond donors (Lipinski definition) is 2. The Morgan fingerprint density at radius 3 is 2.54 bits per heavy atom. The molecule has 0 spiro atoms. The van der Waals surface area contributed by atoms with Gasteiger partial charge < -0.3 is 10.5 Å². The average molecular weight is 192 g/mol. The van der Waals surface area contributed by atoms with Crippen molar-refractivity contribution in [2.45, 2.75) is 25.7 Å². The van der Waals surface area contributed by atoms with Gasteiger partial charge in [0.05, 0.1) is 12.4 Å². The summed E-state index contributed by atoms with van der Waals surface area (Å²) in [7, 11) is 0. The highest BCUT2D eigenvalue weighted by Gasteiger charge is 2.43. The fraction of sp³-hybridized carbons (Fsp3) is 0.875. The minimum absolute atomic E-state index is 0.0965. The second kappa shape index (κ2) is 4.00. The van der Waals surface area contributed by atoms with Gasteiger partial charge in [0.2, 0.25) is 0 Å². The van der Waals surface area contributed by atoms with Gasteiger partial charge in [0.15, 0.2) is 0 Å². The summed E-state index contributed by atoms with van der Waals surface area (Å²) >= 11 is 0. The maximum atomic E-state index is 11.7. The largest absolute Gasteiger partial charge is 0.388 e. The van der Waals surface area contributed by atoms with Crippen LogP contribution in [0.4, 0.5) is 8.78 Å². The van der Waals surface area contributed by atoms with Crippen LogP contribution in [0.3, 0.4) is 0 Å². The molecule has 5 heteroatoms. The lowest BCUT2D eigenvalue weighted by Gasteiger charge is -2.13. The zero-order valence-electron chi connectivity index (χ0n) is 7.35. The summed E-state index contributed by atoms with van der Waals surface area (Å²) in [5.41, 5.74) is 5.13. The first kappa shape index (κ1) is 10.4. The fourth-order valence-electron chi connectivity index (χ4n) is 1.32. The Morgan fingerprint density at radius 2 is 2.15 bits per heavy atom. The van der Waals surface area contributed by atoms with Gasteiger partial charge in [-0.1, -0.05) is 0 Å². The predicted octanol–water partition coefficient (Wildman–Crippen LogP) is 1.37. The molecule has 1 aliphatic carbocycles. The molecule has 0 aromatic heterocycles. The lowest BCUT2D eigenvalue weighted by molar-refractivity contribution is 0.000656. The van der Waals surface area contributed by atoms with Crippen molar-refractivity contribution >= 4 is 5.84 Å². The number of alkyl halides is 2. The molecular formula is C8H14F2N2O. The zero-order chi connectivity index (χ0) is 9.90. The molecule has 0 bridgehead atoms. The Labute approximate surface area is 75.8 Å². The number of nitrogens with two attached hydrogens (primary N) is 1. The van der Waals surface area contributed by atoms with Crippen LogP contribution in [-0.2, 0) is 4.74 Å². The second-order valence-corrected chi connectivity index (χ2v) is 3.61. The van der Waals surface area contributed by atoms with Crippen molar-refractivity contribution in [1.29, 1.82) is 5.41 Å². The molecule has 0 radical (unpaired) electrons. The molecule has 0 aromatic rings. The number of rotatable bonds is 6. The highest BCUT2D eigenvalue weighted by molar-refractivity contribution is 5.78. The van der Waals surface area contributed by atoms with Gasteiger partial charge in [0, 0.05) is 11.8 Å². The quantitative estimate of drug-likeness (QED) is 0.493. The minimum Gasteiger partial charge on any atom is -0.388 e. The van der Waals surface area contributed by atoms with E-state index >= 15 is 0 Å². The maximum Gasteiger partial charge on any atom is 0.261 e. The van der Waals surface area contributed by atoms with E-state index < -0.39 is 13.0 Å². The van der Waals surface area contributed by atoms with E-state index in [2.05, 4.69) is 0 Å². The first-order valence-corrected chi connectivity index (χ1v) is 4.23. The molecule has 0 aliphatic heterocycles. The minimum atomic E-state index is -2.41. The zero-order valence-corrected chi connectivity index (χ0v) is 7.35. The maximum absolute atomic E-state index is 11.7. The van der Waals surface area contributed by atoms with E-state index in [0.29, 0.717) is 13.0 Å². The molecule has 0 atom stereocenters. The number of amidine groups is 1. The molecule has 0 unspecified atom stereocenters. The monoisotopic (exact) mass is 192 g/mol. The molecule has 0 amide bonds. The van der Waals surface area contributed by atoms with Gasteiger partial charge in [-0.25, -0.2) is 8.78 Å². The van der Waals surface area contributed by atoms with Crippen LogP contribution in [0.25, 0.3) is 0 Å². The Morgan fingerprint density at radius 1 is 1.54 bits per heavy atom. The topological polar surface area (TPSA) is 59.1 Å². The summed E-state index contributed by atoms with van der Waals surface area (Å²) in [6.07, 6.45) is -0.0878. The van der Waals surface area contributed by atoms with E-state index in [1.54, 1.807) is 0 Å². The van der Waals surface area contributed by atoms with Gasteiger partial charge in [-0.05, 0) is 12.8 Å². The van der Waals surface area contributed by atoms with E-state index in [4.69, 9.17) is 15.9 Å². The first-order chi connectivity index (χ1) is 6.04. The van der Waals surface area contributed by atoms with Gasteiger partial charge in [-0.3, -0.25) is 5.41 Å². The van der Waals surface area contributed by atoms with E-state index in [9.17, 15) is 8.78 Å². The molecular weight excluding hydrogens is 178 g/mol. The SMILES string of the molecule is N=C(N)CC1(COCC(F)F)CC1. The van der Waals surface area contributed by atoms with Crippen molar-refractivity contribution in [2.75, 3.05) is 13.2 Å². The Kier molecular flexibility index (Phi) is 3.19. The van der Waals surface area contributed by atoms with Crippen LogP contribution in [-0.4, -0.2) is 25.5 Å². The van der Waals surface area contributed by atoms with Crippen molar-refractivity contribution < 1.29 is 13.5 Å². The van der Waals surface area contributed by atoms with Gasteiger partial charge in [0.1, 0.15) is 6.61 Å². The fourth-order valence-corrected chi connectivity index (χ4v) is 1.32. The van der Waals surface area contributed by atoms with E-state index in [0.717, 1.165) is 12.8 Å². The smallest absolute Gasteiger partial charge is 0.261 e. The summed E-state index contributed by atoms with van der Waals surface area (Å²) in [6, 6.07) is 0. The van der Waals surface area contributed by atoms with Gasteiger partial charge >= 0.3 is 0 Å². The van der Waals surface area contributed by atoms with Gasteiger partial charge in [0.25, 0.3) is 6.43 Å². The molecule has 1 rings (SSSR count). The van der Waals surface area contributed by atoms with Gasteiger partial charge in [-0.15, -0.1) is 0 Å². The number of nitrogens with one attached hydrogen (secondary N) is 1.